The van der Waals surface area contributed by atoms with E-state index in [1.165, 1.54) is 11.5 Å². The van der Waals surface area contributed by atoms with Crippen LogP contribution < -0.4 is 5.32 Å². The molecule has 0 heterocycles. The molecule has 0 aliphatic carbocycles. The molecule has 0 atom stereocenters. The van der Waals surface area contributed by atoms with Crippen molar-refractivity contribution in [2.24, 2.45) is 0 Å². The number of halogens is 1. The molecule has 0 saturated heterocycles. The number of hydrogen-bond donors (Lipinski definition) is 1. The van der Waals surface area contributed by atoms with E-state index >= 15 is 0 Å². The van der Waals surface area contributed by atoms with E-state index in [9.17, 15) is 0 Å². The van der Waals surface area contributed by atoms with Crippen molar-refractivity contribution in [3.63, 3.8) is 0 Å². The molecule has 0 aromatic heterocycles. The summed E-state index contributed by atoms with van der Waals surface area (Å²) in [6, 6.07) is 0. The summed E-state index contributed by atoms with van der Waals surface area (Å²) in [5.41, 5.74) is 0. The summed E-state index contributed by atoms with van der Waals surface area (Å²) in [5.74, 6) is 2.48. The second-order valence-electron chi connectivity index (χ2n) is 1.30. The third-order valence-electron chi connectivity index (χ3n) is 0.701. The van der Waals surface area contributed by atoms with Crippen LogP contribution in [0.2, 0.25) is 0 Å². The van der Waals surface area contributed by atoms with E-state index in [1.807, 2.05) is 18.8 Å². The first-order valence-corrected chi connectivity index (χ1v) is 3.79. The van der Waals surface area contributed by atoms with Gasteiger partial charge in [-0.15, -0.1) is 12.4 Å². The van der Waals surface area contributed by atoms with E-state index in [0.29, 0.717) is 0 Å². The molecular formula is C5H14ClNS. The summed E-state index contributed by atoms with van der Waals surface area (Å²) < 4.78 is 0. The molecule has 52 valence electrons. The lowest BCUT2D eigenvalue weighted by Crippen LogP contribution is -2.09. The van der Waals surface area contributed by atoms with Gasteiger partial charge in [0, 0.05) is 12.3 Å². The lowest BCUT2D eigenvalue weighted by Gasteiger charge is -1.93. The topological polar surface area (TPSA) is 12.0 Å². The number of nitrogens with one attached hydrogen (secondary N) is 1. The van der Waals surface area contributed by atoms with E-state index in [1.54, 1.807) is 0 Å². The van der Waals surface area contributed by atoms with Crippen molar-refractivity contribution >= 4 is 24.2 Å². The second-order valence-corrected chi connectivity index (χ2v) is 2.69. The zero-order chi connectivity index (χ0) is 5.54. The third kappa shape index (κ3) is 9.78. The van der Waals surface area contributed by atoms with Gasteiger partial charge in [0.15, 0.2) is 0 Å². The molecule has 8 heavy (non-hydrogen) atoms. The first-order valence-electron chi connectivity index (χ1n) is 2.64. The largest absolute Gasteiger partial charge is 0.319 e. The molecule has 0 rings (SSSR count). The van der Waals surface area contributed by atoms with Gasteiger partial charge in [-0.1, -0.05) is 6.92 Å². The van der Waals surface area contributed by atoms with E-state index in [-0.39, 0.29) is 12.4 Å². The smallest absolute Gasteiger partial charge is 0.00578 e. The van der Waals surface area contributed by atoms with Crippen LogP contribution in [0.25, 0.3) is 0 Å². The molecule has 0 fully saturated rings. The molecule has 0 aliphatic rings. The third-order valence-corrected chi connectivity index (χ3v) is 1.60. The van der Waals surface area contributed by atoms with Crippen LogP contribution in [0.1, 0.15) is 6.92 Å². The van der Waals surface area contributed by atoms with Gasteiger partial charge >= 0.3 is 0 Å². The van der Waals surface area contributed by atoms with Crippen molar-refractivity contribution in [1.29, 1.82) is 0 Å². The zero-order valence-electron chi connectivity index (χ0n) is 5.44. The molecule has 3 heteroatoms. The monoisotopic (exact) mass is 155 g/mol. The minimum atomic E-state index is 0. The van der Waals surface area contributed by atoms with E-state index in [0.717, 1.165) is 6.54 Å². The van der Waals surface area contributed by atoms with Crippen LogP contribution in [-0.4, -0.2) is 25.1 Å². The van der Waals surface area contributed by atoms with Gasteiger partial charge < -0.3 is 5.32 Å². The summed E-state index contributed by atoms with van der Waals surface area (Å²) in [7, 11) is 1.98. The first-order chi connectivity index (χ1) is 3.41. The highest BCUT2D eigenvalue weighted by molar-refractivity contribution is 7.99. The highest BCUT2D eigenvalue weighted by Crippen LogP contribution is 1.93. The molecule has 0 aromatic carbocycles. The minimum absolute atomic E-state index is 0. The molecule has 0 bridgehead atoms. The Morgan fingerprint density at radius 3 is 2.50 bits per heavy atom. The Balaban J connectivity index is 0. The molecular weight excluding hydrogens is 142 g/mol. The maximum absolute atomic E-state index is 3.08. The van der Waals surface area contributed by atoms with E-state index in [4.69, 9.17) is 0 Å². The summed E-state index contributed by atoms with van der Waals surface area (Å²) in [4.78, 5) is 0. The SMILES string of the molecule is CCSCCNC.Cl. The van der Waals surface area contributed by atoms with Gasteiger partial charge in [-0.05, 0) is 12.8 Å². The Morgan fingerprint density at radius 2 is 2.12 bits per heavy atom. The van der Waals surface area contributed by atoms with Crippen molar-refractivity contribution in [3.8, 4) is 0 Å². The maximum Gasteiger partial charge on any atom is 0.00578 e. The van der Waals surface area contributed by atoms with Gasteiger partial charge in [-0.3, -0.25) is 0 Å². The van der Waals surface area contributed by atoms with Crippen molar-refractivity contribution in [1.82, 2.24) is 5.32 Å². The quantitative estimate of drug-likeness (QED) is 0.616. The molecule has 0 spiro atoms. The zero-order valence-corrected chi connectivity index (χ0v) is 7.07. The fraction of sp³-hybridized carbons (Fsp3) is 1.00. The van der Waals surface area contributed by atoms with E-state index in [2.05, 4.69) is 12.2 Å². The summed E-state index contributed by atoms with van der Waals surface area (Å²) in [5, 5.41) is 3.08. The van der Waals surface area contributed by atoms with Crippen LogP contribution in [0, 0.1) is 0 Å². The molecule has 0 saturated carbocycles. The van der Waals surface area contributed by atoms with Crippen LogP contribution in [0.3, 0.4) is 0 Å². The standard InChI is InChI=1S/C5H13NS.ClH/c1-3-7-5-4-6-2;/h6H,3-5H2,1-2H3;1H. The Bertz CT molecular complexity index is 31.6. The first kappa shape index (κ1) is 11.4. The van der Waals surface area contributed by atoms with Crippen molar-refractivity contribution in [2.75, 3.05) is 25.1 Å². The Morgan fingerprint density at radius 1 is 1.50 bits per heavy atom. The Hall–Kier alpha value is 0.600. The summed E-state index contributed by atoms with van der Waals surface area (Å²) in [6.45, 7) is 3.32. The van der Waals surface area contributed by atoms with Gasteiger partial charge in [0.2, 0.25) is 0 Å². The average molecular weight is 156 g/mol. The fourth-order valence-electron chi connectivity index (χ4n) is 0.319. The van der Waals surface area contributed by atoms with Crippen molar-refractivity contribution in [2.45, 2.75) is 6.92 Å². The van der Waals surface area contributed by atoms with Crippen molar-refractivity contribution < 1.29 is 0 Å². The van der Waals surface area contributed by atoms with Gasteiger partial charge in [-0.25, -0.2) is 0 Å². The second kappa shape index (κ2) is 10.6. The van der Waals surface area contributed by atoms with Gasteiger partial charge in [0.05, 0.1) is 0 Å². The lowest BCUT2D eigenvalue weighted by molar-refractivity contribution is 0.872. The molecule has 0 aliphatic heterocycles. The van der Waals surface area contributed by atoms with Gasteiger partial charge in [0.25, 0.3) is 0 Å². The van der Waals surface area contributed by atoms with Gasteiger partial charge in [-0.2, -0.15) is 11.8 Å². The predicted octanol–water partition coefficient (Wildman–Crippen LogP) is 1.38. The fourth-order valence-corrected chi connectivity index (χ4v) is 0.956. The summed E-state index contributed by atoms with van der Waals surface area (Å²) in [6.07, 6.45) is 0. The van der Waals surface area contributed by atoms with E-state index < -0.39 is 0 Å². The highest BCUT2D eigenvalue weighted by Gasteiger charge is 1.78. The van der Waals surface area contributed by atoms with Crippen LogP contribution in [0.15, 0.2) is 0 Å². The van der Waals surface area contributed by atoms with Crippen LogP contribution in [0.5, 0.6) is 0 Å². The highest BCUT2D eigenvalue weighted by atomic mass is 35.5. The Kier molecular flexibility index (Phi) is 15.0. The molecule has 0 unspecified atom stereocenters. The average Bonchev–Trinajstić information content (AvgIpc) is 1.69. The number of hydrogen-bond acceptors (Lipinski definition) is 2. The predicted molar refractivity (Wildman–Crippen MR) is 44.2 cm³/mol. The molecule has 0 amide bonds. The van der Waals surface area contributed by atoms with Crippen LogP contribution in [0.4, 0.5) is 0 Å². The maximum atomic E-state index is 3.08. The number of rotatable bonds is 4. The molecule has 1 N–H and O–H groups in total. The lowest BCUT2D eigenvalue weighted by atomic mass is 10.8. The summed E-state index contributed by atoms with van der Waals surface area (Å²) >= 11 is 1.97. The Labute approximate surface area is 62.0 Å². The molecule has 1 nitrogen and oxygen atoms in total. The van der Waals surface area contributed by atoms with Crippen molar-refractivity contribution in [3.05, 3.63) is 0 Å². The minimum Gasteiger partial charge on any atom is -0.319 e. The van der Waals surface area contributed by atoms with Crippen LogP contribution in [-0.2, 0) is 0 Å². The normalized spacial score (nSPS) is 8.25. The van der Waals surface area contributed by atoms with Crippen LogP contribution >= 0.6 is 24.2 Å². The number of thioether (sulfide) groups is 1. The molecule has 0 radical (unpaired) electrons. The van der Waals surface area contributed by atoms with Gasteiger partial charge in [0.1, 0.15) is 0 Å². The molecule has 0 aromatic rings.